The average Bonchev–Trinajstić information content (AvgIpc) is 0.995. The van der Waals surface area contributed by atoms with Crippen LogP contribution in [0.3, 0.4) is 0 Å². The number of halogens is 7. The van der Waals surface area contributed by atoms with E-state index in [9.17, 15) is 39.2 Å². The number of nitrogens with zero attached hydrogens (tertiary/aromatic N) is 4. The number of fused-ring (bicyclic) bond motifs is 7. The fraction of sp³-hybridized carbons (Fsp3) is 0.820. The molecular formula is C61H102BCl7N12O13Pt2U2-2. The van der Waals surface area contributed by atoms with Gasteiger partial charge in [-0.2, -0.15) is 28.1 Å². The summed E-state index contributed by atoms with van der Waals surface area (Å²) in [6.07, 6.45) is 24.6. The van der Waals surface area contributed by atoms with Gasteiger partial charge in [0, 0.05) is 98.9 Å². The summed E-state index contributed by atoms with van der Waals surface area (Å²) in [4.78, 5) is 84.3. The molecule has 0 aliphatic heterocycles. The molecule has 8 saturated carbocycles. The molecule has 0 aromatic rings. The molecule has 5 unspecified atom stereocenters. The zero-order valence-electron chi connectivity index (χ0n) is 56.7. The van der Waals surface area contributed by atoms with E-state index in [0.29, 0.717) is 79.6 Å². The van der Waals surface area contributed by atoms with Gasteiger partial charge in [0.2, 0.25) is 0 Å². The first-order valence-electron chi connectivity index (χ1n) is 31.6. The molecule has 37 heteroatoms. The maximum Gasteiger partial charge on any atom is 2.00 e. The van der Waals surface area contributed by atoms with Crippen molar-refractivity contribution in [2.45, 2.75) is 219 Å². The van der Waals surface area contributed by atoms with Gasteiger partial charge in [-0.3, -0.25) is 15.6 Å². The maximum atomic E-state index is 12.8. The van der Waals surface area contributed by atoms with Crippen LogP contribution in [0.4, 0.5) is 9.59 Å². The van der Waals surface area contributed by atoms with Gasteiger partial charge < -0.3 is 71.3 Å². The van der Waals surface area contributed by atoms with Crippen molar-refractivity contribution in [2.24, 2.45) is 73.0 Å². The number of carbonyl (C=O) groups excluding carboxylic acids is 3. The number of carbonyl (C=O) groups is 6. The molecule has 15 atom stereocenters. The van der Waals surface area contributed by atoms with Crippen LogP contribution in [0.1, 0.15) is 176 Å². The minimum absolute atomic E-state index is 0. The fourth-order valence-corrected chi connectivity index (χ4v) is 16.3. The molecule has 8 aliphatic carbocycles. The van der Waals surface area contributed by atoms with Crippen molar-refractivity contribution in [3.05, 3.63) is 58.1 Å². The molecule has 8 aliphatic rings. The number of allylic oxidation sites excluding steroid dienone is 1. The van der Waals surface area contributed by atoms with Crippen LogP contribution in [0.25, 0.3) is 22.9 Å². The second-order valence-electron chi connectivity index (χ2n) is 26.4. The zero-order valence-corrected chi connectivity index (χ0v) is 74.8. The van der Waals surface area contributed by atoms with Gasteiger partial charge in [-0.25, -0.2) is 19.2 Å². The van der Waals surface area contributed by atoms with Crippen LogP contribution < -0.4 is 16.4 Å². The molecule has 8 fully saturated rings. The van der Waals surface area contributed by atoms with Gasteiger partial charge in [0.1, 0.15) is 5.78 Å². The van der Waals surface area contributed by atoms with Crippen molar-refractivity contribution in [1.29, 1.82) is 5.31 Å². The molecular weight excluding hydrogens is 2230 g/mol. The van der Waals surface area contributed by atoms with Gasteiger partial charge in [-0.15, -0.1) is 50.7 Å². The molecule has 14 N–H and O–H groups in total. The molecule has 0 saturated heterocycles. The van der Waals surface area contributed by atoms with Crippen molar-refractivity contribution in [2.75, 3.05) is 37.3 Å². The minimum Gasteiger partial charge on any atom is -0.676 e. The molecule has 0 spiro atoms. The normalized spacial score (nSPS) is 31.2. The van der Waals surface area contributed by atoms with Crippen LogP contribution in [0, 0.1) is 153 Å². The van der Waals surface area contributed by atoms with E-state index in [1.54, 1.807) is 0 Å². The molecule has 0 aromatic carbocycles. The molecule has 0 heterocycles. The summed E-state index contributed by atoms with van der Waals surface area (Å²) >= 11 is 13.0. The number of ketones is 1. The number of amides is 4. The molecule has 0 bridgehead atoms. The van der Waals surface area contributed by atoms with Crippen molar-refractivity contribution in [3.63, 3.8) is 0 Å². The maximum absolute atomic E-state index is 12.8. The summed E-state index contributed by atoms with van der Waals surface area (Å²) < 4.78 is 0. The Labute approximate surface area is 676 Å². The summed E-state index contributed by atoms with van der Waals surface area (Å²) in [6.45, 7) is 22.4. The Kier molecular flexibility index (Phi) is 54.5. The van der Waals surface area contributed by atoms with E-state index in [-0.39, 0.29) is 178 Å². The van der Waals surface area contributed by atoms with Crippen LogP contribution in [0.5, 0.6) is 0 Å². The molecule has 98 heavy (non-hydrogen) atoms. The number of aliphatic carboxylic acids is 3. The number of hydrogen-bond acceptors (Lipinski definition) is 14. The second-order valence-corrected chi connectivity index (χ2v) is 47.3. The van der Waals surface area contributed by atoms with Gasteiger partial charge >= 0.3 is 120 Å². The third kappa shape index (κ3) is 32.6. The number of carboxylic acid groups (broad SMARTS) is 3. The number of alkyl halides is 3. The van der Waals surface area contributed by atoms with Crippen molar-refractivity contribution < 1.29 is 149 Å². The number of nitrogens with one attached hydrogen (secondary N) is 7. The summed E-state index contributed by atoms with van der Waals surface area (Å²) in [5.41, 5.74) is 34.6. The van der Waals surface area contributed by atoms with Crippen LogP contribution in [-0.4, -0.2) is 158 Å². The van der Waals surface area contributed by atoms with Crippen molar-refractivity contribution in [1.82, 2.24) is 20.7 Å². The number of Topliss-reactive ketones (excluding diaryl/α,β-unsaturated/α-hetero) is 1. The SMILES string of the molecule is C=C(C)[C@@H]1CC[C@]2(C(=O)O)CC[C@]3(C)[C@H](CC[C@@H]4[C@@]5(C)CC[C@H](O)C(C)(C)[C@@H]5CC[C@]43C)[C@@H]12.O=C(O)C(=O)O.O=NN(CCCl)C(=O)NC1CCCCC1.O=NN(CCCl)C(=O)NCCCl.[C-]#CN.[CH2-]B=N.[Cl][Pt+2]([Cl])([Cl])[Cl].[NH-]C1CCC(=O)CC1[NH-].[NH-]C1CCC(O)CC1[NH-].[Pt+2].[U].[U]. The summed E-state index contributed by atoms with van der Waals surface area (Å²) in [7, 11) is 21.0. The average molecular weight is 2340 g/mol. The van der Waals surface area contributed by atoms with E-state index in [0.717, 1.165) is 76.3 Å². The first-order chi connectivity index (χ1) is 44.2. The predicted molar refractivity (Wildman–Crippen MR) is 374 cm³/mol. The fourth-order valence-electron chi connectivity index (χ4n) is 15.9. The van der Waals surface area contributed by atoms with Crippen molar-refractivity contribution >= 4 is 115 Å². The van der Waals surface area contributed by atoms with E-state index < -0.39 is 53.3 Å². The van der Waals surface area contributed by atoms with Gasteiger partial charge in [-0.05, 0) is 154 Å². The Hall–Kier alpha value is -0.0745. The van der Waals surface area contributed by atoms with Crippen LogP contribution >= 0.6 is 72.5 Å². The molecule has 0 aromatic heterocycles. The third-order valence-electron chi connectivity index (χ3n) is 20.7. The van der Waals surface area contributed by atoms with Crippen LogP contribution in [0.2, 0.25) is 0 Å². The number of aliphatic hydroxyl groups is 2. The molecule has 566 valence electrons. The first kappa shape index (κ1) is 104. The smallest absolute Gasteiger partial charge is 0.676 e. The largest absolute Gasteiger partial charge is 2.00 e. The van der Waals surface area contributed by atoms with Gasteiger partial charge in [0.05, 0.1) is 41.3 Å². The monoisotopic (exact) mass is 2330 g/mol. The Morgan fingerprint density at radius 3 is 1.65 bits per heavy atom. The third-order valence-corrected chi connectivity index (χ3v) is 21.2. The summed E-state index contributed by atoms with van der Waals surface area (Å²) in [5.74, 6) is -1.03. The quantitative estimate of drug-likeness (QED) is 0.0107. The Bertz CT molecular complexity index is 2500. The van der Waals surface area contributed by atoms with Crippen molar-refractivity contribution in [3.8, 4) is 6.04 Å². The molecule has 4 amide bonds. The number of urea groups is 2. The van der Waals surface area contributed by atoms with E-state index in [1.807, 2.05) is 0 Å². The number of carboxylic acids is 3. The van der Waals surface area contributed by atoms with E-state index in [4.69, 9.17) is 132 Å². The van der Waals surface area contributed by atoms with Gasteiger partial charge in [0.25, 0.3) is 0 Å². The first-order valence-corrected chi connectivity index (χ1v) is 44.5. The Morgan fingerprint density at radius 2 is 1.23 bits per heavy atom. The predicted octanol–water partition coefficient (Wildman–Crippen LogP) is 15.1. The van der Waals surface area contributed by atoms with E-state index in [1.165, 1.54) is 43.7 Å². The number of hydrogen-bond donors (Lipinski definition) is 9. The number of nitroso groups, excluding NO2 is 2. The molecule has 8 rings (SSSR count). The Morgan fingerprint density at radius 1 is 0.735 bits per heavy atom. The summed E-state index contributed by atoms with van der Waals surface area (Å²) in [6, 6.07) is -0.703. The van der Waals surface area contributed by atoms with E-state index >= 15 is 0 Å². The topological polar surface area (TPSA) is 438 Å². The Balaban J connectivity index is -0.000000573. The molecule has 0 radical (unpaired) electrons. The molecule has 25 nitrogen and oxygen atoms in total. The van der Waals surface area contributed by atoms with Gasteiger partial charge in [0.15, 0.2) is 0 Å². The number of aliphatic hydroxyl groups excluding tert-OH is 2. The number of rotatable bonds is 11. The second kappa shape index (κ2) is 51.2. The number of nitrogens with two attached hydrogens (primary N) is 1. The summed E-state index contributed by atoms with van der Waals surface area (Å²) in [5, 5.41) is 62.9. The van der Waals surface area contributed by atoms with Crippen LogP contribution in [-0.2, 0) is 52.1 Å². The van der Waals surface area contributed by atoms with Gasteiger partial charge in [-0.1, -0.05) is 78.9 Å². The minimum atomic E-state index is -3.06. The standard InChI is InChI=1S/C30H48O3.C9H16ClN3O2.C6H12N2O.C6H10N2O.C5H9Cl2N3O2.C2H2N.C2H2O4.CH3BN.4ClH.2Pt.2U/c1-18(2)19-10-15-30(25(32)33)17-16-28(6)20(24(19)30)8-9-22-27(5)13-12-23(31)26(3,4)21(27)11-14-29(22,28)7;10-6-7-13(12-15)9(14)11-8-4-2-1-3-5-8;2*7-5-2-1-4(9)3-6(5)8;6-1-3-8-5(11)10(9-12)4-2-7;1-2-3;3-1(4)2(5)6;1-2-3;;;;;;;;/h19-24,31H,1,8-17H2,2-7H3,(H,32,33);8H,1-7H2,(H,11,14);4-9H,1-3H2;5-8H,1-3H2;1-4H2,(H,8,11);3H2;(H,3,4)(H,5,6);3H,1H2;4*1H;;;;/q;;2*-2;;-1;;-1;;;;;+2;+6;;/p-4/t19-,20+,21-,22+,23-,24+,27-,28+,29+,30-;;;;;;;;;;;;;;;/m0.............../s1. The van der Waals surface area contributed by atoms with Crippen LogP contribution in [0.15, 0.2) is 22.7 Å². The van der Waals surface area contributed by atoms with E-state index in [2.05, 4.69) is 81.9 Å². The zero-order chi connectivity index (χ0) is 73.5.